The van der Waals surface area contributed by atoms with Crippen molar-refractivity contribution in [3.8, 4) is 11.6 Å². The van der Waals surface area contributed by atoms with Crippen molar-refractivity contribution in [1.29, 1.82) is 0 Å². The first-order valence-electron chi connectivity index (χ1n) is 5.68. The summed E-state index contributed by atoms with van der Waals surface area (Å²) in [5, 5.41) is 0. The molecule has 0 saturated heterocycles. The van der Waals surface area contributed by atoms with Crippen molar-refractivity contribution in [2.75, 3.05) is 12.8 Å². The Labute approximate surface area is 111 Å². The Bertz CT molecular complexity index is 594. The van der Waals surface area contributed by atoms with E-state index in [0.29, 0.717) is 11.6 Å². The van der Waals surface area contributed by atoms with E-state index in [4.69, 9.17) is 10.5 Å². The van der Waals surface area contributed by atoms with E-state index in [1.54, 1.807) is 0 Å². The zero-order valence-electron chi connectivity index (χ0n) is 10.7. The van der Waals surface area contributed by atoms with Crippen LogP contribution in [0.25, 0.3) is 0 Å². The number of rotatable bonds is 3. The summed E-state index contributed by atoms with van der Waals surface area (Å²) in [7, 11) is 1.29. The van der Waals surface area contributed by atoms with Crippen molar-refractivity contribution in [2.45, 2.75) is 6.92 Å². The van der Waals surface area contributed by atoms with E-state index in [9.17, 15) is 4.79 Å². The largest absolute Gasteiger partial charge is 0.465 e. The van der Waals surface area contributed by atoms with Crippen molar-refractivity contribution < 1.29 is 14.3 Å². The van der Waals surface area contributed by atoms with Gasteiger partial charge >= 0.3 is 5.97 Å². The van der Waals surface area contributed by atoms with Gasteiger partial charge in [-0.25, -0.2) is 9.78 Å². The van der Waals surface area contributed by atoms with Crippen LogP contribution in [0.5, 0.6) is 11.6 Å². The number of hydrogen-bond acceptors (Lipinski definition) is 5. The highest BCUT2D eigenvalue weighted by Crippen LogP contribution is 2.23. The topological polar surface area (TPSA) is 74.4 Å². The van der Waals surface area contributed by atoms with E-state index in [1.807, 2.05) is 31.2 Å². The lowest BCUT2D eigenvalue weighted by molar-refractivity contribution is 0.0601. The molecular weight excluding hydrogens is 244 g/mol. The molecule has 98 valence electrons. The Balaban J connectivity index is 2.26. The predicted octanol–water partition coefficient (Wildman–Crippen LogP) is 2.55. The van der Waals surface area contributed by atoms with Gasteiger partial charge in [0.2, 0.25) is 5.88 Å². The monoisotopic (exact) mass is 258 g/mol. The molecule has 19 heavy (non-hydrogen) atoms. The van der Waals surface area contributed by atoms with Gasteiger partial charge in [-0.05, 0) is 19.1 Å². The third-order valence-electron chi connectivity index (χ3n) is 2.56. The van der Waals surface area contributed by atoms with Crippen LogP contribution in [0.1, 0.15) is 15.9 Å². The molecule has 5 heteroatoms. The van der Waals surface area contributed by atoms with Crippen molar-refractivity contribution in [2.24, 2.45) is 0 Å². The summed E-state index contributed by atoms with van der Waals surface area (Å²) in [5.74, 6) is 0.408. The van der Waals surface area contributed by atoms with Crippen molar-refractivity contribution in [1.82, 2.24) is 4.98 Å². The third kappa shape index (κ3) is 3.01. The number of aromatic nitrogens is 1. The summed E-state index contributed by atoms with van der Waals surface area (Å²) in [6.07, 6.45) is 1.37. The number of esters is 1. The minimum atomic E-state index is -0.520. The quantitative estimate of drug-likeness (QED) is 0.856. The minimum absolute atomic E-state index is 0.236. The highest BCUT2D eigenvalue weighted by molar-refractivity contribution is 5.95. The molecule has 1 aromatic heterocycles. The molecule has 0 spiro atoms. The molecule has 2 rings (SSSR count). The van der Waals surface area contributed by atoms with Gasteiger partial charge in [0, 0.05) is 6.07 Å². The summed E-state index contributed by atoms with van der Waals surface area (Å²) < 4.78 is 10.2. The molecule has 1 aromatic carbocycles. The second kappa shape index (κ2) is 5.39. The summed E-state index contributed by atoms with van der Waals surface area (Å²) in [4.78, 5) is 15.5. The molecule has 5 nitrogen and oxygen atoms in total. The second-order valence-corrected chi connectivity index (χ2v) is 4.02. The molecule has 0 aliphatic rings. The highest BCUT2D eigenvalue weighted by atomic mass is 16.5. The van der Waals surface area contributed by atoms with E-state index in [-0.39, 0.29) is 11.3 Å². The molecule has 2 aromatic rings. The van der Waals surface area contributed by atoms with E-state index in [0.717, 1.165) is 5.56 Å². The van der Waals surface area contributed by atoms with Crippen LogP contribution in [-0.4, -0.2) is 18.1 Å². The van der Waals surface area contributed by atoms with Gasteiger partial charge in [0.1, 0.15) is 5.75 Å². The number of benzene rings is 1. The average molecular weight is 258 g/mol. The number of nitrogen functional groups attached to an aromatic ring is 1. The van der Waals surface area contributed by atoms with Crippen LogP contribution in [-0.2, 0) is 4.74 Å². The SMILES string of the molecule is COC(=O)c1cc(Oc2ccc(C)cc2)ncc1N. The van der Waals surface area contributed by atoms with Crippen molar-refractivity contribution >= 4 is 11.7 Å². The number of aryl methyl sites for hydroxylation is 1. The Hall–Kier alpha value is -2.56. The fourth-order valence-corrected chi connectivity index (χ4v) is 1.52. The van der Waals surface area contributed by atoms with Gasteiger partial charge in [-0.2, -0.15) is 0 Å². The van der Waals surface area contributed by atoms with Gasteiger partial charge < -0.3 is 15.2 Å². The number of nitrogens with zero attached hydrogens (tertiary/aromatic N) is 1. The number of anilines is 1. The summed E-state index contributed by atoms with van der Waals surface area (Å²) >= 11 is 0. The second-order valence-electron chi connectivity index (χ2n) is 4.02. The number of carbonyl (C=O) groups excluding carboxylic acids is 1. The lowest BCUT2D eigenvalue weighted by Gasteiger charge is -2.08. The van der Waals surface area contributed by atoms with Crippen LogP contribution in [0.3, 0.4) is 0 Å². The van der Waals surface area contributed by atoms with Crippen LogP contribution >= 0.6 is 0 Å². The summed E-state index contributed by atoms with van der Waals surface area (Å²) in [6, 6.07) is 8.96. The van der Waals surface area contributed by atoms with Gasteiger partial charge in [-0.15, -0.1) is 0 Å². The Kier molecular flexibility index (Phi) is 3.66. The van der Waals surface area contributed by atoms with E-state index in [1.165, 1.54) is 19.4 Å². The molecule has 0 unspecified atom stereocenters. The molecule has 0 atom stereocenters. The smallest absolute Gasteiger partial charge is 0.340 e. The number of ether oxygens (including phenoxy) is 2. The molecule has 0 aliphatic carbocycles. The van der Waals surface area contributed by atoms with Gasteiger partial charge in [0.25, 0.3) is 0 Å². The molecule has 2 N–H and O–H groups in total. The molecule has 0 amide bonds. The first-order chi connectivity index (χ1) is 9.10. The van der Waals surface area contributed by atoms with Crippen LogP contribution < -0.4 is 10.5 Å². The van der Waals surface area contributed by atoms with Gasteiger partial charge in [-0.1, -0.05) is 17.7 Å². The van der Waals surface area contributed by atoms with Gasteiger partial charge in [0.15, 0.2) is 0 Å². The molecule has 0 bridgehead atoms. The van der Waals surface area contributed by atoms with Gasteiger partial charge in [0.05, 0.1) is 24.6 Å². The van der Waals surface area contributed by atoms with Crippen LogP contribution in [0.15, 0.2) is 36.5 Å². The standard InChI is InChI=1S/C14H14N2O3/c1-9-3-5-10(6-4-9)19-13-7-11(14(17)18-2)12(15)8-16-13/h3-8H,15H2,1-2H3. The zero-order valence-corrected chi connectivity index (χ0v) is 10.7. The van der Waals surface area contributed by atoms with E-state index >= 15 is 0 Å². The molecule has 0 fully saturated rings. The maximum Gasteiger partial charge on any atom is 0.340 e. The van der Waals surface area contributed by atoms with E-state index < -0.39 is 5.97 Å². The lowest BCUT2D eigenvalue weighted by Crippen LogP contribution is -2.06. The van der Waals surface area contributed by atoms with Crippen molar-refractivity contribution in [3.05, 3.63) is 47.7 Å². The first-order valence-corrected chi connectivity index (χ1v) is 5.68. The summed E-state index contributed by atoms with van der Waals surface area (Å²) in [6.45, 7) is 1.99. The first kappa shape index (κ1) is 12.9. The van der Waals surface area contributed by atoms with Crippen LogP contribution in [0, 0.1) is 6.92 Å². The number of carbonyl (C=O) groups is 1. The number of nitrogens with two attached hydrogens (primary N) is 1. The van der Waals surface area contributed by atoms with E-state index in [2.05, 4.69) is 9.72 Å². The number of methoxy groups -OCH3 is 1. The maximum atomic E-state index is 11.5. The minimum Gasteiger partial charge on any atom is -0.465 e. The fraction of sp³-hybridized carbons (Fsp3) is 0.143. The Morgan fingerprint density at radius 1 is 1.26 bits per heavy atom. The zero-order chi connectivity index (χ0) is 13.8. The molecular formula is C14H14N2O3. The lowest BCUT2D eigenvalue weighted by atomic mass is 10.2. The fourth-order valence-electron chi connectivity index (χ4n) is 1.52. The molecule has 0 radical (unpaired) electrons. The van der Waals surface area contributed by atoms with Crippen molar-refractivity contribution in [3.63, 3.8) is 0 Å². The normalized spacial score (nSPS) is 10.0. The van der Waals surface area contributed by atoms with Crippen LogP contribution in [0.4, 0.5) is 5.69 Å². The Morgan fingerprint density at radius 3 is 2.58 bits per heavy atom. The summed E-state index contributed by atoms with van der Waals surface area (Å²) in [5.41, 5.74) is 7.28. The van der Waals surface area contributed by atoms with Gasteiger partial charge in [-0.3, -0.25) is 0 Å². The molecule has 0 saturated carbocycles. The Morgan fingerprint density at radius 2 is 1.95 bits per heavy atom. The maximum absolute atomic E-state index is 11.5. The molecule has 1 heterocycles. The molecule has 0 aliphatic heterocycles. The predicted molar refractivity (Wildman–Crippen MR) is 71.2 cm³/mol. The van der Waals surface area contributed by atoms with Crippen LogP contribution in [0.2, 0.25) is 0 Å². The highest BCUT2D eigenvalue weighted by Gasteiger charge is 2.12. The average Bonchev–Trinajstić information content (AvgIpc) is 2.42. The number of hydrogen-bond donors (Lipinski definition) is 1. The number of pyridine rings is 1. The third-order valence-corrected chi connectivity index (χ3v) is 2.56.